The number of rotatable bonds is 14. The highest BCUT2D eigenvalue weighted by molar-refractivity contribution is 7.89. The van der Waals surface area contributed by atoms with Crippen LogP contribution in [0.4, 0.5) is 0 Å². The van der Waals surface area contributed by atoms with Gasteiger partial charge in [-0.1, -0.05) is 25.3 Å². The van der Waals surface area contributed by atoms with Gasteiger partial charge >= 0.3 is 0 Å². The number of methoxy groups -OCH3 is 2. The van der Waals surface area contributed by atoms with Crippen molar-refractivity contribution in [1.29, 1.82) is 0 Å². The Balaban J connectivity index is 1.19. The molecule has 1 saturated heterocycles. The molecule has 2 unspecified atom stereocenters. The van der Waals surface area contributed by atoms with Crippen molar-refractivity contribution < 1.29 is 27.4 Å². The number of amides is 1. The lowest BCUT2D eigenvalue weighted by Crippen LogP contribution is -2.46. The quantitative estimate of drug-likeness (QED) is 0.319. The highest BCUT2D eigenvalue weighted by Gasteiger charge is 2.34. The maximum atomic E-state index is 13.5. The van der Waals surface area contributed by atoms with Gasteiger partial charge in [0.15, 0.2) is 11.5 Å². The van der Waals surface area contributed by atoms with Crippen molar-refractivity contribution in [2.45, 2.75) is 68.3 Å². The molecule has 1 aliphatic carbocycles. The van der Waals surface area contributed by atoms with Gasteiger partial charge in [0.25, 0.3) is 0 Å². The normalized spacial score (nSPS) is 22.5. The number of sulfonamides is 1. The molecule has 0 spiro atoms. The van der Waals surface area contributed by atoms with Gasteiger partial charge in [0.2, 0.25) is 15.9 Å². The number of carbonyl (C=O) groups is 1. The lowest BCUT2D eigenvalue weighted by atomic mass is 9.76. The molecule has 4 rings (SSSR count). The molecule has 1 saturated carbocycles. The summed E-state index contributed by atoms with van der Waals surface area (Å²) in [6.07, 6.45) is 8.19. The minimum absolute atomic E-state index is 0.0706. The van der Waals surface area contributed by atoms with Crippen LogP contribution < -0.4 is 14.8 Å². The van der Waals surface area contributed by atoms with Crippen LogP contribution in [0.1, 0.15) is 62.3 Å². The van der Waals surface area contributed by atoms with E-state index in [-0.39, 0.29) is 30.1 Å². The molecular formula is C31H47N3O6S2. The summed E-state index contributed by atoms with van der Waals surface area (Å²) in [7, 11) is 3.59. The second-order valence-electron chi connectivity index (χ2n) is 11.6. The van der Waals surface area contributed by atoms with Gasteiger partial charge in [0.05, 0.1) is 25.7 Å². The molecule has 0 radical (unpaired) electrons. The molecule has 1 N–H and O–H groups in total. The van der Waals surface area contributed by atoms with E-state index in [0.717, 1.165) is 19.3 Å². The van der Waals surface area contributed by atoms with Crippen LogP contribution >= 0.6 is 11.3 Å². The summed E-state index contributed by atoms with van der Waals surface area (Å²) in [5.41, 5.74) is 0. The molecule has 1 aromatic heterocycles. The zero-order valence-corrected chi connectivity index (χ0v) is 27.1. The van der Waals surface area contributed by atoms with Gasteiger partial charge in [-0.05, 0) is 81.6 Å². The molecule has 2 fully saturated rings. The zero-order valence-electron chi connectivity index (χ0n) is 25.4. The molecule has 2 atom stereocenters. The van der Waals surface area contributed by atoms with Crippen molar-refractivity contribution >= 4 is 27.3 Å². The van der Waals surface area contributed by atoms with Crippen LogP contribution in [0, 0.1) is 11.8 Å². The van der Waals surface area contributed by atoms with Crippen molar-refractivity contribution in [3.63, 3.8) is 0 Å². The smallest absolute Gasteiger partial charge is 0.245 e. The number of thiophene rings is 1. The van der Waals surface area contributed by atoms with E-state index in [2.05, 4.69) is 41.8 Å². The topological polar surface area (TPSA) is 97.4 Å². The summed E-state index contributed by atoms with van der Waals surface area (Å²) in [5.74, 6) is 1.99. The molecule has 2 heterocycles. The van der Waals surface area contributed by atoms with Crippen LogP contribution in [0.3, 0.4) is 0 Å². The second-order valence-corrected chi connectivity index (χ2v) is 14.5. The van der Waals surface area contributed by atoms with E-state index in [1.54, 1.807) is 6.07 Å². The minimum Gasteiger partial charge on any atom is -0.493 e. The average molecular weight is 622 g/mol. The number of piperidine rings is 1. The van der Waals surface area contributed by atoms with Crippen LogP contribution in [0.5, 0.6) is 11.5 Å². The Hall–Kier alpha value is -2.18. The van der Waals surface area contributed by atoms with E-state index in [1.165, 1.54) is 61.2 Å². The molecule has 1 amide bonds. The van der Waals surface area contributed by atoms with E-state index in [4.69, 9.17) is 14.2 Å². The van der Waals surface area contributed by atoms with Gasteiger partial charge in [-0.15, -0.1) is 11.3 Å². The van der Waals surface area contributed by atoms with Gasteiger partial charge in [-0.25, -0.2) is 8.42 Å². The second kappa shape index (κ2) is 15.5. The van der Waals surface area contributed by atoms with Crippen molar-refractivity contribution in [3.8, 4) is 11.5 Å². The molecular weight excluding hydrogens is 574 g/mol. The monoisotopic (exact) mass is 621 g/mol. The van der Waals surface area contributed by atoms with Gasteiger partial charge in [0.1, 0.15) is 6.61 Å². The predicted molar refractivity (Wildman–Crippen MR) is 166 cm³/mol. The minimum atomic E-state index is -3.76. The number of hydrogen-bond acceptors (Lipinski definition) is 8. The lowest BCUT2D eigenvalue weighted by Gasteiger charge is -2.37. The van der Waals surface area contributed by atoms with E-state index < -0.39 is 10.0 Å². The fourth-order valence-corrected chi connectivity index (χ4v) is 9.19. The highest BCUT2D eigenvalue weighted by atomic mass is 32.2. The Morgan fingerprint density at radius 2 is 1.83 bits per heavy atom. The van der Waals surface area contributed by atoms with Crippen LogP contribution in [0.25, 0.3) is 0 Å². The summed E-state index contributed by atoms with van der Waals surface area (Å²) in [5, 5.41) is 5.17. The maximum absolute atomic E-state index is 13.5. The highest BCUT2D eigenvalue weighted by Crippen LogP contribution is 2.41. The number of benzene rings is 1. The largest absolute Gasteiger partial charge is 0.493 e. The van der Waals surface area contributed by atoms with Gasteiger partial charge in [-0.2, -0.15) is 4.31 Å². The number of carbonyl (C=O) groups excluding carboxylic acids is 1. The first-order valence-corrected chi connectivity index (χ1v) is 17.3. The predicted octanol–water partition coefficient (Wildman–Crippen LogP) is 4.94. The summed E-state index contributed by atoms with van der Waals surface area (Å²) in [6, 6.07) is 9.18. The molecule has 234 valence electrons. The summed E-state index contributed by atoms with van der Waals surface area (Å²) < 4.78 is 44.8. The Labute approximate surface area is 255 Å². The van der Waals surface area contributed by atoms with E-state index >= 15 is 0 Å². The molecule has 0 bridgehead atoms. The first kappa shape index (κ1) is 32.7. The van der Waals surface area contributed by atoms with Crippen LogP contribution in [0.15, 0.2) is 40.6 Å². The molecule has 1 aliphatic heterocycles. The molecule has 1 aromatic carbocycles. The average Bonchev–Trinajstić information content (AvgIpc) is 3.52. The number of ether oxygens (including phenoxy) is 3. The van der Waals surface area contributed by atoms with E-state index in [1.807, 2.05) is 11.3 Å². The van der Waals surface area contributed by atoms with Gasteiger partial charge in [-0.3, -0.25) is 4.79 Å². The Bertz CT molecular complexity index is 1230. The number of hydrogen-bond donors (Lipinski definition) is 1. The summed E-state index contributed by atoms with van der Waals surface area (Å²) >= 11 is 1.85. The molecule has 42 heavy (non-hydrogen) atoms. The maximum Gasteiger partial charge on any atom is 0.245 e. The third kappa shape index (κ3) is 8.25. The lowest BCUT2D eigenvalue weighted by molar-refractivity contribution is -0.126. The van der Waals surface area contributed by atoms with Crippen molar-refractivity contribution in [1.82, 2.24) is 14.5 Å². The van der Waals surface area contributed by atoms with Crippen molar-refractivity contribution in [3.05, 3.63) is 40.6 Å². The Morgan fingerprint density at radius 1 is 1.07 bits per heavy atom. The fourth-order valence-electron chi connectivity index (χ4n) is 6.48. The van der Waals surface area contributed by atoms with Gasteiger partial charge < -0.3 is 24.4 Å². The number of nitrogens with one attached hydrogen (secondary N) is 1. The summed E-state index contributed by atoms with van der Waals surface area (Å²) in [4.78, 5) is 16.5. The molecule has 2 aromatic rings. The van der Waals surface area contributed by atoms with Gasteiger partial charge in [0, 0.05) is 36.1 Å². The molecule has 2 aliphatic rings. The van der Waals surface area contributed by atoms with Crippen LogP contribution in [-0.4, -0.2) is 84.2 Å². The third-order valence-electron chi connectivity index (χ3n) is 8.68. The van der Waals surface area contributed by atoms with E-state index in [0.29, 0.717) is 48.9 Å². The SMILES string of the molecule is COc1ccc(S(=O)(=O)N2CCCCC2COCC(=O)NCCC2CCC(C(c3cccs3)N(C)C)CC2)cc1OC. The first-order chi connectivity index (χ1) is 20.2. The van der Waals surface area contributed by atoms with E-state index in [9.17, 15) is 13.2 Å². The molecule has 9 nitrogen and oxygen atoms in total. The first-order valence-electron chi connectivity index (χ1n) is 15.0. The Kier molecular flexibility index (Phi) is 12.1. The summed E-state index contributed by atoms with van der Waals surface area (Å²) in [6.45, 7) is 1.17. The van der Waals surface area contributed by atoms with Crippen LogP contribution in [0.2, 0.25) is 0 Å². The van der Waals surface area contributed by atoms with Crippen LogP contribution in [-0.2, 0) is 19.6 Å². The fraction of sp³-hybridized carbons (Fsp3) is 0.645. The Morgan fingerprint density at radius 3 is 2.50 bits per heavy atom. The van der Waals surface area contributed by atoms with Crippen molar-refractivity contribution in [2.24, 2.45) is 11.8 Å². The third-order valence-corrected chi connectivity index (χ3v) is 11.6. The standard InChI is InChI=1S/C31H47N3O6S2/c1-33(2)31(29-9-7-19-41-29)24-12-10-23(11-13-24)16-17-32-30(35)22-40-21-25-8-5-6-18-34(25)42(36,37)26-14-15-27(38-3)28(20-26)39-4/h7,9,14-15,19-20,23-25,31H,5-6,8,10-13,16-18,21-22H2,1-4H3,(H,32,35). The van der Waals surface area contributed by atoms with Crippen molar-refractivity contribution in [2.75, 3.05) is 54.6 Å². The molecule has 11 heteroatoms. The zero-order chi connectivity index (χ0) is 30.1. The number of nitrogens with zero attached hydrogens (tertiary/aromatic N) is 2.